The second-order valence-electron chi connectivity index (χ2n) is 5.10. The van der Waals surface area contributed by atoms with Crippen molar-refractivity contribution >= 4 is 43.1 Å². The Balaban J connectivity index is 1.92. The van der Waals surface area contributed by atoms with Gasteiger partial charge in [-0.15, -0.1) is 0 Å². The predicted molar refractivity (Wildman–Crippen MR) is 105 cm³/mol. The number of aromatic nitrogens is 1. The second-order valence-corrected chi connectivity index (χ2v) is 6.70. The van der Waals surface area contributed by atoms with Crippen LogP contribution in [0.4, 0.5) is 10.5 Å². The number of hydrogen-bond acceptors (Lipinski definition) is 7. The number of carbonyl (C=O) groups excluding carboxylic acids is 1. The summed E-state index contributed by atoms with van der Waals surface area (Å²) in [6.07, 6.45) is 2.11. The lowest BCUT2D eigenvalue weighted by molar-refractivity contribution is 0.155. The molecule has 1 aromatic carbocycles. The van der Waals surface area contributed by atoms with Crippen molar-refractivity contribution in [3.63, 3.8) is 0 Å². The zero-order valence-corrected chi connectivity index (χ0v) is 15.9. The van der Waals surface area contributed by atoms with Gasteiger partial charge in [-0.2, -0.15) is 5.10 Å². The van der Waals surface area contributed by atoms with Crippen molar-refractivity contribution in [2.24, 2.45) is 10.8 Å². The Hall–Kier alpha value is -3.05. The summed E-state index contributed by atoms with van der Waals surface area (Å²) in [5.74, 6) is -0.00797. The van der Waals surface area contributed by atoms with Crippen LogP contribution in [0.15, 0.2) is 47.7 Å². The monoisotopic (exact) mass is 425 g/mol. The lowest BCUT2D eigenvalue weighted by Crippen LogP contribution is -2.24. The van der Waals surface area contributed by atoms with Crippen LogP contribution in [-0.2, 0) is 15.9 Å². The number of nitrogens with zero attached hydrogens (tertiary/aromatic N) is 2. The molecule has 1 amide bonds. The average Bonchev–Trinajstić information content (AvgIpc) is 2.61. The molecular weight excluding hydrogens is 409 g/mol. The molecule has 1 heterocycles. The van der Waals surface area contributed by atoms with E-state index in [1.165, 1.54) is 36.7 Å². The van der Waals surface area contributed by atoms with Crippen LogP contribution in [0, 0.1) is 0 Å². The highest BCUT2D eigenvalue weighted by Gasteiger charge is 2.15. The lowest BCUT2D eigenvalue weighted by atomic mass is 10.2. The van der Waals surface area contributed by atoms with E-state index >= 15 is 0 Å². The number of phosphoric acid groups is 1. The van der Waals surface area contributed by atoms with Gasteiger partial charge in [0.2, 0.25) is 0 Å². The summed E-state index contributed by atoms with van der Waals surface area (Å²) < 4.78 is 20.3. The molecule has 0 spiro atoms. The molecule has 1 aromatic heterocycles. The highest BCUT2D eigenvalue weighted by atomic mass is 32.1. The summed E-state index contributed by atoms with van der Waals surface area (Å²) >= 11 is 4.62. The minimum Gasteiger partial charge on any atom is -0.444 e. The van der Waals surface area contributed by atoms with E-state index < -0.39 is 13.9 Å². The van der Waals surface area contributed by atoms with Gasteiger partial charge < -0.3 is 15.0 Å². The Bertz CT molecular complexity index is 917. The van der Waals surface area contributed by atoms with E-state index in [1.54, 1.807) is 12.1 Å². The fourth-order valence-electron chi connectivity index (χ4n) is 1.86. The zero-order chi connectivity index (χ0) is 20.6. The minimum atomic E-state index is -4.62. The smallest absolute Gasteiger partial charge is 0.444 e. The molecule has 0 radical (unpaired) electrons. The van der Waals surface area contributed by atoms with Crippen LogP contribution in [0.1, 0.15) is 11.3 Å². The van der Waals surface area contributed by atoms with Crippen LogP contribution in [-0.4, -0.2) is 32.2 Å². The molecule has 0 aliphatic heterocycles. The molecule has 0 saturated heterocycles. The molecule has 0 bridgehead atoms. The Kier molecular flexibility index (Phi) is 7.41. The van der Waals surface area contributed by atoms with Crippen LogP contribution in [0.25, 0.3) is 0 Å². The van der Waals surface area contributed by atoms with Gasteiger partial charge in [-0.1, -0.05) is 12.1 Å². The summed E-state index contributed by atoms with van der Waals surface area (Å²) in [5.41, 5.74) is 8.92. The van der Waals surface area contributed by atoms with Crippen molar-refractivity contribution < 1.29 is 28.4 Å². The normalized spacial score (nSPS) is 11.1. The second kappa shape index (κ2) is 9.76. The van der Waals surface area contributed by atoms with Crippen LogP contribution >= 0.6 is 20.0 Å². The van der Waals surface area contributed by atoms with E-state index in [1.807, 2.05) is 0 Å². The predicted octanol–water partition coefficient (Wildman–Crippen LogP) is 1.47. The minimum absolute atomic E-state index is 0.00797. The molecule has 2 rings (SSSR count). The Morgan fingerprint density at radius 2 is 2.04 bits per heavy atom. The standard InChI is InChI=1S/C15H16N5O6PS/c16-14(28)20-18-8-13-12(2-1-7-17-13)19-15(21)25-9-10-3-5-11(6-4-10)26-27(22,23)24/h1-8H,9H2,(H,19,21)(H3,16,20,28)(H2,22,23,24)/b18-8+. The number of phosphoric ester groups is 1. The number of hydrogen-bond donors (Lipinski definition) is 5. The van der Waals surface area contributed by atoms with Gasteiger partial charge in [0.15, 0.2) is 5.11 Å². The number of ether oxygens (including phenoxy) is 1. The lowest BCUT2D eigenvalue weighted by Gasteiger charge is -2.10. The van der Waals surface area contributed by atoms with Gasteiger partial charge in [0.1, 0.15) is 18.1 Å². The molecule has 0 fully saturated rings. The average molecular weight is 425 g/mol. The molecule has 11 nitrogen and oxygen atoms in total. The molecule has 28 heavy (non-hydrogen) atoms. The van der Waals surface area contributed by atoms with E-state index in [0.717, 1.165) is 0 Å². The first-order chi connectivity index (χ1) is 13.2. The van der Waals surface area contributed by atoms with E-state index in [9.17, 15) is 9.36 Å². The first-order valence-electron chi connectivity index (χ1n) is 7.54. The third-order valence-electron chi connectivity index (χ3n) is 2.95. The summed E-state index contributed by atoms with van der Waals surface area (Å²) in [6.45, 7) is -0.0747. The van der Waals surface area contributed by atoms with Crippen LogP contribution < -0.4 is 21.0 Å². The SMILES string of the molecule is NC(=S)N/N=C/c1ncccc1NC(=O)OCc1ccc(OP(=O)(O)O)cc1. The van der Waals surface area contributed by atoms with Crippen molar-refractivity contribution in [2.75, 3.05) is 5.32 Å². The number of thiocarbonyl (C=S) groups is 1. The number of rotatable bonds is 7. The number of pyridine rings is 1. The number of anilines is 1. The van der Waals surface area contributed by atoms with Gasteiger partial charge in [-0.25, -0.2) is 9.36 Å². The van der Waals surface area contributed by atoms with Gasteiger partial charge in [0, 0.05) is 6.20 Å². The summed E-state index contributed by atoms with van der Waals surface area (Å²) in [7, 11) is -4.62. The Labute approximate surface area is 164 Å². The van der Waals surface area contributed by atoms with Crippen molar-refractivity contribution in [3.8, 4) is 5.75 Å². The molecule has 13 heteroatoms. The van der Waals surface area contributed by atoms with Gasteiger partial charge in [0.25, 0.3) is 0 Å². The molecule has 0 aliphatic rings. The van der Waals surface area contributed by atoms with Crippen molar-refractivity contribution in [3.05, 3.63) is 53.9 Å². The molecule has 0 saturated carbocycles. The number of nitrogens with two attached hydrogens (primary N) is 1. The fourth-order valence-corrected chi connectivity index (χ4v) is 2.31. The molecule has 6 N–H and O–H groups in total. The molecule has 0 unspecified atom stereocenters. The van der Waals surface area contributed by atoms with E-state index in [4.69, 9.17) is 20.3 Å². The topological polar surface area (TPSA) is 168 Å². The Morgan fingerprint density at radius 1 is 1.32 bits per heavy atom. The maximum absolute atomic E-state index is 12.0. The number of nitrogens with one attached hydrogen (secondary N) is 2. The van der Waals surface area contributed by atoms with Crippen LogP contribution in [0.5, 0.6) is 5.75 Å². The zero-order valence-electron chi connectivity index (χ0n) is 14.2. The number of hydrazone groups is 1. The van der Waals surface area contributed by atoms with Crippen LogP contribution in [0.3, 0.4) is 0 Å². The number of amides is 1. The van der Waals surface area contributed by atoms with Crippen molar-refractivity contribution in [2.45, 2.75) is 6.61 Å². The molecule has 148 valence electrons. The maximum Gasteiger partial charge on any atom is 0.524 e. The Morgan fingerprint density at radius 3 is 2.68 bits per heavy atom. The van der Waals surface area contributed by atoms with E-state index in [2.05, 4.69) is 37.6 Å². The van der Waals surface area contributed by atoms with Crippen LogP contribution in [0.2, 0.25) is 0 Å². The fraction of sp³-hybridized carbons (Fsp3) is 0.0667. The molecule has 0 atom stereocenters. The third-order valence-corrected chi connectivity index (χ3v) is 3.49. The van der Waals surface area contributed by atoms with Gasteiger partial charge in [-0.3, -0.25) is 25.5 Å². The quantitative estimate of drug-likeness (QED) is 0.189. The number of carbonyl (C=O) groups is 1. The third kappa shape index (κ3) is 7.68. The maximum atomic E-state index is 12.0. The molecule has 0 aliphatic carbocycles. The summed E-state index contributed by atoms with van der Waals surface area (Å²) in [5, 5.41) is 6.28. The molecule has 2 aromatic rings. The number of benzene rings is 1. The van der Waals surface area contributed by atoms with Crippen molar-refractivity contribution in [1.29, 1.82) is 0 Å². The molecular formula is C15H16N5O6PS. The summed E-state index contributed by atoms with van der Waals surface area (Å²) in [4.78, 5) is 33.5. The first kappa shape index (κ1) is 21.3. The van der Waals surface area contributed by atoms with Gasteiger partial charge >= 0.3 is 13.9 Å². The summed E-state index contributed by atoms with van der Waals surface area (Å²) in [6, 6.07) is 8.92. The first-order valence-corrected chi connectivity index (χ1v) is 9.48. The van der Waals surface area contributed by atoms with E-state index in [-0.39, 0.29) is 17.5 Å². The largest absolute Gasteiger partial charge is 0.524 e. The highest BCUT2D eigenvalue weighted by Crippen LogP contribution is 2.37. The van der Waals surface area contributed by atoms with Gasteiger partial charge in [-0.05, 0) is 42.0 Å². The highest BCUT2D eigenvalue weighted by molar-refractivity contribution is 7.80. The van der Waals surface area contributed by atoms with Gasteiger partial charge in [0.05, 0.1) is 11.9 Å². The van der Waals surface area contributed by atoms with E-state index in [0.29, 0.717) is 16.9 Å². The van der Waals surface area contributed by atoms with Crippen molar-refractivity contribution in [1.82, 2.24) is 10.4 Å².